The normalized spacial score (nSPS) is 23.2. The summed E-state index contributed by atoms with van der Waals surface area (Å²) in [6, 6.07) is 0.641. The number of carbonyl (C=O) groups is 1. The van der Waals surface area contributed by atoms with Crippen LogP contribution in [0.4, 0.5) is 0 Å². The van der Waals surface area contributed by atoms with Crippen molar-refractivity contribution in [2.45, 2.75) is 44.2 Å². The van der Waals surface area contributed by atoms with E-state index in [1.54, 1.807) is 6.20 Å². The van der Waals surface area contributed by atoms with Gasteiger partial charge in [-0.15, -0.1) is 0 Å². The molecule has 0 aliphatic heterocycles. The van der Waals surface area contributed by atoms with Crippen LogP contribution < -0.4 is 10.6 Å². The molecule has 1 saturated carbocycles. The van der Waals surface area contributed by atoms with Crippen molar-refractivity contribution in [3.05, 3.63) is 18.7 Å². The van der Waals surface area contributed by atoms with Gasteiger partial charge in [-0.05, 0) is 39.3 Å². The number of aromatic nitrogens is 2. The molecule has 2 N–H and O–H groups in total. The van der Waals surface area contributed by atoms with Crippen molar-refractivity contribution in [1.82, 2.24) is 20.2 Å². The average Bonchev–Trinajstić information content (AvgIpc) is 2.99. The third kappa shape index (κ3) is 3.32. The minimum atomic E-state index is 0.169. The molecule has 0 radical (unpaired) electrons. The minimum Gasteiger partial charge on any atom is -0.351 e. The van der Waals surface area contributed by atoms with Crippen LogP contribution in [0.3, 0.4) is 0 Å². The minimum absolute atomic E-state index is 0.169. The van der Waals surface area contributed by atoms with E-state index in [0.29, 0.717) is 12.5 Å². The molecule has 1 fully saturated rings. The first-order valence-corrected chi connectivity index (χ1v) is 6.72. The fourth-order valence-corrected chi connectivity index (χ4v) is 2.64. The summed E-state index contributed by atoms with van der Waals surface area (Å²) in [5, 5.41) is 6.22. The molecule has 100 valence electrons. The van der Waals surface area contributed by atoms with Crippen molar-refractivity contribution in [3.8, 4) is 0 Å². The molecule has 0 bridgehead atoms. The molecule has 1 heterocycles. The van der Waals surface area contributed by atoms with E-state index < -0.39 is 0 Å². The fourth-order valence-electron chi connectivity index (χ4n) is 2.64. The van der Waals surface area contributed by atoms with E-state index in [9.17, 15) is 4.79 Å². The Morgan fingerprint density at radius 3 is 3.11 bits per heavy atom. The molecule has 2 rings (SSSR count). The molecule has 2 unspecified atom stereocenters. The van der Waals surface area contributed by atoms with Crippen LogP contribution in [0.5, 0.6) is 0 Å². The summed E-state index contributed by atoms with van der Waals surface area (Å²) in [5.41, 5.74) is 0. The standard InChI is InChI=1S/C13H22N4O/c1-14-7-3-6-13(18)16-11-4-2-5-12(11)17-9-8-15-10-17/h8-12,14H,2-7H2,1H3,(H,16,18). The maximum Gasteiger partial charge on any atom is 0.220 e. The smallest absolute Gasteiger partial charge is 0.220 e. The molecule has 18 heavy (non-hydrogen) atoms. The van der Waals surface area contributed by atoms with Crippen molar-refractivity contribution in [3.63, 3.8) is 0 Å². The lowest BCUT2D eigenvalue weighted by molar-refractivity contribution is -0.122. The molecule has 1 aromatic rings. The van der Waals surface area contributed by atoms with Crippen LogP contribution in [0.1, 0.15) is 38.1 Å². The van der Waals surface area contributed by atoms with Crippen LogP contribution in [-0.2, 0) is 4.79 Å². The number of imidazole rings is 1. The first kappa shape index (κ1) is 13.1. The number of hydrogen-bond donors (Lipinski definition) is 2. The van der Waals surface area contributed by atoms with Crippen LogP contribution in [-0.4, -0.2) is 35.1 Å². The van der Waals surface area contributed by atoms with Crippen molar-refractivity contribution in [2.24, 2.45) is 0 Å². The van der Waals surface area contributed by atoms with E-state index in [-0.39, 0.29) is 11.9 Å². The van der Waals surface area contributed by atoms with Gasteiger partial charge in [-0.2, -0.15) is 0 Å². The van der Waals surface area contributed by atoms with Gasteiger partial charge < -0.3 is 15.2 Å². The second kappa shape index (κ2) is 6.54. The van der Waals surface area contributed by atoms with E-state index in [0.717, 1.165) is 25.8 Å². The van der Waals surface area contributed by atoms with Crippen LogP contribution in [0.2, 0.25) is 0 Å². The van der Waals surface area contributed by atoms with Gasteiger partial charge in [0.15, 0.2) is 0 Å². The third-order valence-electron chi connectivity index (χ3n) is 3.56. The van der Waals surface area contributed by atoms with E-state index in [4.69, 9.17) is 0 Å². The van der Waals surface area contributed by atoms with Crippen LogP contribution in [0, 0.1) is 0 Å². The summed E-state index contributed by atoms with van der Waals surface area (Å²) in [6.45, 7) is 0.892. The second-order valence-corrected chi connectivity index (χ2v) is 4.89. The Kier molecular flexibility index (Phi) is 4.75. The molecule has 1 aliphatic carbocycles. The third-order valence-corrected chi connectivity index (χ3v) is 3.56. The quantitative estimate of drug-likeness (QED) is 0.743. The topological polar surface area (TPSA) is 59.0 Å². The molecule has 2 atom stereocenters. The van der Waals surface area contributed by atoms with Crippen molar-refractivity contribution >= 4 is 5.91 Å². The van der Waals surface area contributed by atoms with Crippen LogP contribution >= 0.6 is 0 Å². The fraction of sp³-hybridized carbons (Fsp3) is 0.692. The second-order valence-electron chi connectivity index (χ2n) is 4.89. The van der Waals surface area contributed by atoms with Crippen molar-refractivity contribution in [1.29, 1.82) is 0 Å². The number of amides is 1. The summed E-state index contributed by atoms with van der Waals surface area (Å²) >= 11 is 0. The molecular weight excluding hydrogens is 228 g/mol. The van der Waals surface area contributed by atoms with E-state index in [2.05, 4.69) is 20.2 Å². The predicted octanol–water partition coefficient (Wildman–Crippen LogP) is 1.09. The number of hydrogen-bond acceptors (Lipinski definition) is 3. The van der Waals surface area contributed by atoms with Crippen molar-refractivity contribution < 1.29 is 4.79 Å². The largest absolute Gasteiger partial charge is 0.351 e. The summed E-state index contributed by atoms with van der Waals surface area (Å²) in [6.07, 6.45) is 10.5. The summed E-state index contributed by atoms with van der Waals surface area (Å²) in [5.74, 6) is 0.169. The summed E-state index contributed by atoms with van der Waals surface area (Å²) < 4.78 is 2.12. The van der Waals surface area contributed by atoms with E-state index in [1.165, 1.54) is 6.42 Å². The molecule has 1 aromatic heterocycles. The van der Waals surface area contributed by atoms with Gasteiger partial charge in [0.1, 0.15) is 0 Å². The predicted molar refractivity (Wildman–Crippen MR) is 70.2 cm³/mol. The van der Waals surface area contributed by atoms with Gasteiger partial charge in [0.05, 0.1) is 12.4 Å². The highest BCUT2D eigenvalue weighted by Gasteiger charge is 2.29. The highest BCUT2D eigenvalue weighted by Crippen LogP contribution is 2.29. The number of nitrogens with zero attached hydrogens (tertiary/aromatic N) is 2. The van der Waals surface area contributed by atoms with Crippen LogP contribution in [0.25, 0.3) is 0 Å². The van der Waals surface area contributed by atoms with E-state index >= 15 is 0 Å². The van der Waals surface area contributed by atoms with Gasteiger partial charge in [-0.1, -0.05) is 0 Å². The number of carbonyl (C=O) groups excluding carboxylic acids is 1. The zero-order valence-electron chi connectivity index (χ0n) is 10.9. The van der Waals surface area contributed by atoms with Gasteiger partial charge in [0, 0.05) is 24.9 Å². The average molecular weight is 250 g/mol. The van der Waals surface area contributed by atoms with Gasteiger partial charge in [-0.3, -0.25) is 4.79 Å². The van der Waals surface area contributed by atoms with Gasteiger partial charge >= 0.3 is 0 Å². The molecule has 1 aliphatic rings. The highest BCUT2D eigenvalue weighted by molar-refractivity contribution is 5.76. The first-order valence-electron chi connectivity index (χ1n) is 6.72. The monoisotopic (exact) mass is 250 g/mol. The first-order chi connectivity index (χ1) is 8.81. The summed E-state index contributed by atoms with van der Waals surface area (Å²) in [4.78, 5) is 15.9. The zero-order chi connectivity index (χ0) is 12.8. The molecule has 0 saturated heterocycles. The lowest BCUT2D eigenvalue weighted by atomic mass is 10.1. The lowest BCUT2D eigenvalue weighted by Crippen LogP contribution is -2.38. The van der Waals surface area contributed by atoms with Gasteiger partial charge in [0.2, 0.25) is 5.91 Å². The summed E-state index contributed by atoms with van der Waals surface area (Å²) in [7, 11) is 1.91. The highest BCUT2D eigenvalue weighted by atomic mass is 16.1. The Balaban J connectivity index is 1.83. The molecule has 5 heteroatoms. The maximum absolute atomic E-state index is 11.8. The van der Waals surface area contributed by atoms with Crippen molar-refractivity contribution in [2.75, 3.05) is 13.6 Å². The Labute approximate surface area is 108 Å². The Bertz CT molecular complexity index is 363. The Morgan fingerprint density at radius 2 is 2.39 bits per heavy atom. The molecule has 0 spiro atoms. The maximum atomic E-state index is 11.8. The molecule has 0 aromatic carbocycles. The van der Waals surface area contributed by atoms with E-state index in [1.807, 2.05) is 19.6 Å². The molecule has 1 amide bonds. The van der Waals surface area contributed by atoms with Gasteiger partial charge in [0.25, 0.3) is 0 Å². The molecule has 5 nitrogen and oxygen atoms in total. The lowest BCUT2D eigenvalue weighted by Gasteiger charge is -2.22. The van der Waals surface area contributed by atoms with Crippen LogP contribution in [0.15, 0.2) is 18.7 Å². The number of nitrogens with one attached hydrogen (secondary N) is 2. The van der Waals surface area contributed by atoms with Gasteiger partial charge in [-0.25, -0.2) is 4.98 Å². The molecular formula is C13H22N4O. The Hall–Kier alpha value is -1.36. The SMILES string of the molecule is CNCCCC(=O)NC1CCCC1n1ccnc1. The number of rotatable bonds is 6. The Morgan fingerprint density at radius 1 is 1.50 bits per heavy atom. The zero-order valence-corrected chi connectivity index (χ0v) is 10.9.